The van der Waals surface area contributed by atoms with Crippen LogP contribution in [0, 0.1) is 11.8 Å². The molecule has 1 aromatic rings. The fourth-order valence-corrected chi connectivity index (χ4v) is 4.88. The van der Waals surface area contributed by atoms with Crippen LogP contribution in [0.3, 0.4) is 0 Å². The monoisotopic (exact) mass is 342 g/mol. The van der Waals surface area contributed by atoms with Crippen LogP contribution >= 0.6 is 0 Å². The molecule has 0 amide bonds. The fourth-order valence-electron chi connectivity index (χ4n) is 4.88. The van der Waals surface area contributed by atoms with Crippen molar-refractivity contribution < 1.29 is 19.4 Å². The van der Waals surface area contributed by atoms with Crippen molar-refractivity contribution in [2.24, 2.45) is 11.8 Å². The Labute approximate surface area is 148 Å². The lowest BCUT2D eigenvalue weighted by atomic mass is 9.68. The van der Waals surface area contributed by atoms with E-state index < -0.39 is 5.97 Å². The fraction of sp³-hybridized carbons (Fsp3) is 0.571. The first-order valence-corrected chi connectivity index (χ1v) is 9.53. The minimum Gasteiger partial charge on any atom is -0.482 e. The zero-order valence-corrected chi connectivity index (χ0v) is 14.5. The molecule has 4 rings (SSSR count). The number of para-hydroxylation sites is 1. The van der Waals surface area contributed by atoms with Crippen molar-refractivity contribution in [1.82, 2.24) is 0 Å². The second-order valence-electron chi connectivity index (χ2n) is 7.45. The van der Waals surface area contributed by atoms with E-state index in [0.29, 0.717) is 23.7 Å². The smallest absolute Gasteiger partial charge is 0.341 e. The number of allylic oxidation sites excluding steroid dienone is 1. The predicted molar refractivity (Wildman–Crippen MR) is 94.6 cm³/mol. The lowest BCUT2D eigenvalue weighted by molar-refractivity contribution is -0.139. The standard InChI is InChI=1S/C21H26O4/c22-20(23)13-24-18-11-5-4-10-17(18)21-16-9-2-1-7-14(16)15-8-3-6-12-19(15)25-21/h4-5,7,10-11,15-16,19,21H,1-3,6,8-9,12-13H2,(H,22,23)/t15-,16-,19-,21+/m1/s1. The number of carbonyl (C=O) groups is 1. The van der Waals surface area contributed by atoms with Crippen molar-refractivity contribution in [1.29, 1.82) is 0 Å². The Bertz CT molecular complexity index is 666. The van der Waals surface area contributed by atoms with Crippen LogP contribution in [0.25, 0.3) is 0 Å². The van der Waals surface area contributed by atoms with Crippen LogP contribution in [0.4, 0.5) is 0 Å². The summed E-state index contributed by atoms with van der Waals surface area (Å²) in [6, 6.07) is 7.79. The van der Waals surface area contributed by atoms with Gasteiger partial charge >= 0.3 is 5.97 Å². The molecule has 1 saturated carbocycles. The Hall–Kier alpha value is -1.81. The summed E-state index contributed by atoms with van der Waals surface area (Å²) < 4.78 is 12.2. The molecule has 0 bridgehead atoms. The van der Waals surface area contributed by atoms with Crippen molar-refractivity contribution in [2.75, 3.05) is 6.61 Å². The van der Waals surface area contributed by atoms with E-state index in [-0.39, 0.29) is 12.7 Å². The zero-order valence-electron chi connectivity index (χ0n) is 14.5. The summed E-state index contributed by atoms with van der Waals surface area (Å²) in [6.45, 7) is -0.316. The normalized spacial score (nSPS) is 31.4. The van der Waals surface area contributed by atoms with Crippen molar-refractivity contribution >= 4 is 5.97 Å². The molecule has 0 unspecified atom stereocenters. The molecule has 0 radical (unpaired) electrons. The van der Waals surface area contributed by atoms with Crippen LogP contribution in [0.1, 0.15) is 56.6 Å². The van der Waals surface area contributed by atoms with Crippen molar-refractivity contribution in [2.45, 2.75) is 57.2 Å². The SMILES string of the molecule is O=C(O)COc1ccccc1[C@H]1O[C@@H]2CCCC[C@@H]2C2=CCCC[C@H]21. The maximum atomic E-state index is 10.9. The number of ether oxygens (including phenoxy) is 2. The average molecular weight is 342 g/mol. The van der Waals surface area contributed by atoms with Crippen molar-refractivity contribution in [3.8, 4) is 5.75 Å². The topological polar surface area (TPSA) is 55.8 Å². The molecule has 0 aromatic heterocycles. The second kappa shape index (κ2) is 7.20. The highest BCUT2D eigenvalue weighted by Crippen LogP contribution is 2.52. The Morgan fingerprint density at radius 3 is 2.80 bits per heavy atom. The lowest BCUT2D eigenvalue weighted by Crippen LogP contribution is -2.41. The molecule has 1 aromatic carbocycles. The molecule has 134 valence electrons. The number of aliphatic carboxylic acids is 1. The van der Waals surface area contributed by atoms with E-state index in [1.807, 2.05) is 24.3 Å². The summed E-state index contributed by atoms with van der Waals surface area (Å²) in [5, 5.41) is 8.95. The van der Waals surface area contributed by atoms with E-state index in [2.05, 4.69) is 6.08 Å². The highest BCUT2D eigenvalue weighted by molar-refractivity contribution is 5.68. The summed E-state index contributed by atoms with van der Waals surface area (Å²) >= 11 is 0. The van der Waals surface area contributed by atoms with E-state index in [1.165, 1.54) is 32.1 Å². The van der Waals surface area contributed by atoms with E-state index in [4.69, 9.17) is 14.6 Å². The van der Waals surface area contributed by atoms with E-state index >= 15 is 0 Å². The number of hydrogen-bond donors (Lipinski definition) is 1. The van der Waals surface area contributed by atoms with Gasteiger partial charge in [-0.3, -0.25) is 0 Å². The van der Waals surface area contributed by atoms with Gasteiger partial charge in [0.05, 0.1) is 12.2 Å². The summed E-state index contributed by atoms with van der Waals surface area (Å²) in [5.41, 5.74) is 2.60. The molecule has 3 aliphatic rings. The minimum absolute atomic E-state index is 0.0177. The lowest BCUT2D eigenvalue weighted by Gasteiger charge is -2.47. The number of rotatable bonds is 4. The summed E-state index contributed by atoms with van der Waals surface area (Å²) in [7, 11) is 0. The summed E-state index contributed by atoms with van der Waals surface area (Å²) in [6.07, 6.45) is 11.2. The van der Waals surface area contributed by atoms with Gasteiger partial charge in [0.15, 0.2) is 6.61 Å². The zero-order chi connectivity index (χ0) is 17.2. The van der Waals surface area contributed by atoms with Gasteiger partial charge in [0, 0.05) is 17.4 Å². The van der Waals surface area contributed by atoms with Crippen molar-refractivity contribution in [3.63, 3.8) is 0 Å². The predicted octanol–water partition coefficient (Wildman–Crippen LogP) is 4.51. The summed E-state index contributed by atoms with van der Waals surface area (Å²) in [5.74, 6) is 0.684. The first-order valence-electron chi connectivity index (χ1n) is 9.53. The quantitative estimate of drug-likeness (QED) is 0.818. The van der Waals surface area contributed by atoms with Crippen LogP contribution in [-0.2, 0) is 9.53 Å². The van der Waals surface area contributed by atoms with Gasteiger partial charge in [0.1, 0.15) is 5.75 Å². The van der Waals surface area contributed by atoms with Gasteiger partial charge in [-0.2, -0.15) is 0 Å². The number of benzene rings is 1. The van der Waals surface area contributed by atoms with Crippen LogP contribution in [0.2, 0.25) is 0 Å². The molecule has 0 spiro atoms. The number of carboxylic acids is 1. The van der Waals surface area contributed by atoms with Gasteiger partial charge in [0.25, 0.3) is 0 Å². The molecule has 2 aliphatic carbocycles. The highest BCUT2D eigenvalue weighted by atomic mass is 16.5. The number of carboxylic acid groups (broad SMARTS) is 1. The maximum Gasteiger partial charge on any atom is 0.341 e. The van der Waals surface area contributed by atoms with E-state index in [1.54, 1.807) is 5.57 Å². The van der Waals surface area contributed by atoms with Crippen molar-refractivity contribution in [3.05, 3.63) is 41.5 Å². The Morgan fingerprint density at radius 2 is 1.92 bits per heavy atom. The highest BCUT2D eigenvalue weighted by Gasteiger charge is 2.44. The molecule has 1 heterocycles. The molecular weight excluding hydrogens is 316 g/mol. The third-order valence-corrected chi connectivity index (χ3v) is 5.92. The minimum atomic E-state index is -0.954. The maximum absolute atomic E-state index is 10.9. The Kier molecular flexibility index (Phi) is 4.80. The van der Waals surface area contributed by atoms with Gasteiger partial charge < -0.3 is 14.6 Å². The molecule has 4 nitrogen and oxygen atoms in total. The van der Waals surface area contributed by atoms with Crippen LogP contribution < -0.4 is 4.74 Å². The Morgan fingerprint density at radius 1 is 1.12 bits per heavy atom. The third kappa shape index (κ3) is 3.32. The van der Waals surface area contributed by atoms with Gasteiger partial charge in [-0.1, -0.05) is 42.7 Å². The molecule has 2 fully saturated rings. The van der Waals surface area contributed by atoms with Crippen LogP contribution in [0.15, 0.2) is 35.9 Å². The first kappa shape index (κ1) is 16.6. The second-order valence-corrected chi connectivity index (χ2v) is 7.45. The molecular formula is C21H26O4. The van der Waals surface area contributed by atoms with E-state index in [0.717, 1.165) is 18.4 Å². The van der Waals surface area contributed by atoms with Gasteiger partial charge in [0.2, 0.25) is 0 Å². The molecule has 4 atom stereocenters. The van der Waals surface area contributed by atoms with Gasteiger partial charge in [-0.05, 0) is 38.2 Å². The molecule has 1 aliphatic heterocycles. The number of hydrogen-bond acceptors (Lipinski definition) is 3. The largest absolute Gasteiger partial charge is 0.482 e. The average Bonchev–Trinajstić information content (AvgIpc) is 2.66. The number of fused-ring (bicyclic) bond motifs is 3. The first-order chi connectivity index (χ1) is 12.2. The van der Waals surface area contributed by atoms with Crippen LogP contribution in [-0.4, -0.2) is 23.8 Å². The summed E-state index contributed by atoms with van der Waals surface area (Å²) in [4.78, 5) is 10.9. The molecule has 25 heavy (non-hydrogen) atoms. The van der Waals surface area contributed by atoms with Gasteiger partial charge in [-0.25, -0.2) is 4.79 Å². The Balaban J connectivity index is 1.66. The molecule has 1 N–H and O–H groups in total. The molecule has 1 saturated heterocycles. The van der Waals surface area contributed by atoms with Gasteiger partial charge in [-0.15, -0.1) is 0 Å². The van der Waals surface area contributed by atoms with E-state index in [9.17, 15) is 4.79 Å². The third-order valence-electron chi connectivity index (χ3n) is 5.92. The molecule has 4 heteroatoms. The van der Waals surface area contributed by atoms with Crippen LogP contribution in [0.5, 0.6) is 5.75 Å².